The molecule has 5 nitrogen and oxygen atoms in total. The molecule has 0 unspecified atom stereocenters. The fourth-order valence-corrected chi connectivity index (χ4v) is 2.95. The van der Waals surface area contributed by atoms with E-state index in [0.717, 1.165) is 12.1 Å². The molecule has 30 heavy (non-hydrogen) atoms. The molecular formula is C23H14ClFO5. The van der Waals surface area contributed by atoms with Gasteiger partial charge in [-0.2, -0.15) is 0 Å². The quantitative estimate of drug-likeness (QED) is 0.301. The van der Waals surface area contributed by atoms with E-state index in [1.54, 1.807) is 31.2 Å². The minimum absolute atomic E-state index is 0.0202. The van der Waals surface area contributed by atoms with Crippen LogP contribution in [0.5, 0.6) is 17.2 Å². The molecule has 0 saturated carbocycles. The lowest BCUT2D eigenvalue weighted by Crippen LogP contribution is -2.10. The van der Waals surface area contributed by atoms with Crippen LogP contribution in [0.4, 0.5) is 4.39 Å². The molecule has 7 heteroatoms. The smallest absolute Gasteiger partial charge is 0.343 e. The lowest BCUT2D eigenvalue weighted by atomic mass is 10.2. The van der Waals surface area contributed by atoms with E-state index in [1.165, 1.54) is 30.3 Å². The summed E-state index contributed by atoms with van der Waals surface area (Å²) in [5.41, 5.74) is 0.0881. The van der Waals surface area contributed by atoms with E-state index < -0.39 is 17.2 Å². The summed E-state index contributed by atoms with van der Waals surface area (Å²) in [6.45, 7) is 1.62. The maximum atomic E-state index is 13.0. The van der Waals surface area contributed by atoms with Gasteiger partial charge in [-0.15, -0.1) is 0 Å². The zero-order valence-corrected chi connectivity index (χ0v) is 16.4. The van der Waals surface area contributed by atoms with Gasteiger partial charge in [0.25, 0.3) is 0 Å². The van der Waals surface area contributed by atoms with Crippen molar-refractivity contribution in [2.75, 3.05) is 0 Å². The number of carbonyl (C=O) groups is 1. The van der Waals surface area contributed by atoms with Crippen molar-refractivity contribution in [2.45, 2.75) is 6.92 Å². The van der Waals surface area contributed by atoms with Crippen LogP contribution >= 0.6 is 11.6 Å². The maximum Gasteiger partial charge on any atom is 0.343 e. The minimum Gasteiger partial charge on any atom is -0.457 e. The number of carbonyl (C=O) groups excluding carboxylic acids is 1. The highest BCUT2D eigenvalue weighted by Gasteiger charge is 2.16. The average Bonchev–Trinajstić information content (AvgIpc) is 2.73. The third-order valence-electron chi connectivity index (χ3n) is 4.31. The number of fused-ring (bicyclic) bond motifs is 1. The van der Waals surface area contributed by atoms with Gasteiger partial charge in [0.15, 0.2) is 0 Å². The molecule has 0 aliphatic heterocycles. The molecule has 0 N–H and O–H groups in total. The molecule has 0 bridgehead atoms. The first-order valence-electron chi connectivity index (χ1n) is 8.89. The normalized spacial score (nSPS) is 10.8. The highest BCUT2D eigenvalue weighted by Crippen LogP contribution is 2.28. The van der Waals surface area contributed by atoms with E-state index in [0.29, 0.717) is 22.1 Å². The zero-order chi connectivity index (χ0) is 21.3. The van der Waals surface area contributed by atoms with E-state index in [1.807, 2.05) is 0 Å². The first kappa shape index (κ1) is 19.7. The van der Waals surface area contributed by atoms with Gasteiger partial charge in [0.1, 0.15) is 28.7 Å². The van der Waals surface area contributed by atoms with Crippen LogP contribution in [0.3, 0.4) is 0 Å². The van der Waals surface area contributed by atoms with Crippen LogP contribution in [0.2, 0.25) is 5.02 Å². The van der Waals surface area contributed by atoms with Crippen LogP contribution in [0.1, 0.15) is 16.1 Å². The van der Waals surface area contributed by atoms with Crippen molar-refractivity contribution in [2.24, 2.45) is 0 Å². The summed E-state index contributed by atoms with van der Waals surface area (Å²) < 4.78 is 29.7. The standard InChI is InChI=1S/C23H14ClFO5/c1-13-22(29-17-8-4-15(24)5-9-17)21(26)19-12-18(10-11-20(19)28-13)30-23(27)14-2-6-16(25)7-3-14/h2-12H,1H3. The highest BCUT2D eigenvalue weighted by atomic mass is 35.5. The Balaban J connectivity index is 1.67. The Morgan fingerprint density at radius 3 is 2.33 bits per heavy atom. The van der Waals surface area contributed by atoms with Crippen molar-refractivity contribution < 1.29 is 23.1 Å². The van der Waals surface area contributed by atoms with Crippen LogP contribution in [0, 0.1) is 12.7 Å². The Kier molecular flexibility index (Phi) is 5.25. The lowest BCUT2D eigenvalue weighted by Gasteiger charge is -2.10. The second-order valence-corrected chi connectivity index (χ2v) is 6.86. The molecule has 3 aromatic carbocycles. The van der Waals surface area contributed by atoms with Crippen LogP contribution in [-0.2, 0) is 0 Å². The predicted molar refractivity (Wildman–Crippen MR) is 110 cm³/mol. The number of ether oxygens (including phenoxy) is 2. The van der Waals surface area contributed by atoms with E-state index in [9.17, 15) is 14.0 Å². The number of aryl methyl sites for hydroxylation is 1. The van der Waals surface area contributed by atoms with Gasteiger partial charge in [-0.3, -0.25) is 4.79 Å². The summed E-state index contributed by atoms with van der Waals surface area (Å²) in [7, 11) is 0. The Morgan fingerprint density at radius 2 is 1.63 bits per heavy atom. The number of esters is 1. The van der Waals surface area contributed by atoms with Crippen LogP contribution in [-0.4, -0.2) is 5.97 Å². The average molecular weight is 425 g/mol. The van der Waals surface area contributed by atoms with Gasteiger partial charge in [0, 0.05) is 5.02 Å². The number of rotatable bonds is 4. The summed E-state index contributed by atoms with van der Waals surface area (Å²) >= 11 is 5.87. The first-order valence-corrected chi connectivity index (χ1v) is 9.27. The molecule has 0 aliphatic carbocycles. The van der Waals surface area contributed by atoms with Gasteiger partial charge in [-0.25, -0.2) is 9.18 Å². The second-order valence-electron chi connectivity index (χ2n) is 6.43. The van der Waals surface area contributed by atoms with Gasteiger partial charge in [-0.05, 0) is 73.7 Å². The molecule has 0 spiro atoms. The minimum atomic E-state index is -0.677. The third-order valence-corrected chi connectivity index (χ3v) is 4.56. The van der Waals surface area contributed by atoms with E-state index in [2.05, 4.69) is 0 Å². The molecule has 0 fully saturated rings. The highest BCUT2D eigenvalue weighted by molar-refractivity contribution is 6.30. The SMILES string of the molecule is Cc1oc2ccc(OC(=O)c3ccc(F)cc3)cc2c(=O)c1Oc1ccc(Cl)cc1. The molecule has 4 rings (SSSR count). The summed E-state index contributed by atoms with van der Waals surface area (Å²) in [5, 5.41) is 0.728. The number of hydrogen-bond donors (Lipinski definition) is 0. The first-order chi connectivity index (χ1) is 14.4. The summed E-state index contributed by atoms with van der Waals surface area (Å²) in [6, 6.07) is 15.9. The van der Waals surface area contributed by atoms with Gasteiger partial charge >= 0.3 is 5.97 Å². The molecule has 1 heterocycles. The van der Waals surface area contributed by atoms with Gasteiger partial charge in [0.05, 0.1) is 10.9 Å². The van der Waals surface area contributed by atoms with Crippen molar-refractivity contribution >= 4 is 28.5 Å². The summed E-state index contributed by atoms with van der Waals surface area (Å²) in [6.07, 6.45) is 0. The monoisotopic (exact) mass is 424 g/mol. The zero-order valence-electron chi connectivity index (χ0n) is 15.6. The second kappa shape index (κ2) is 8.00. The maximum absolute atomic E-state index is 13.0. The fourth-order valence-electron chi connectivity index (χ4n) is 2.82. The number of benzene rings is 3. The van der Waals surface area contributed by atoms with Crippen molar-refractivity contribution in [3.63, 3.8) is 0 Å². The van der Waals surface area contributed by atoms with Crippen LogP contribution < -0.4 is 14.9 Å². The Hall–Kier alpha value is -3.64. The van der Waals surface area contributed by atoms with Crippen LogP contribution in [0.15, 0.2) is 75.9 Å². The third kappa shape index (κ3) is 4.04. The Bertz CT molecular complexity index is 1290. The number of hydrogen-bond acceptors (Lipinski definition) is 5. The molecule has 1 aromatic heterocycles. The Labute approximate surface area is 175 Å². The Morgan fingerprint density at radius 1 is 0.967 bits per heavy atom. The molecule has 0 radical (unpaired) electrons. The lowest BCUT2D eigenvalue weighted by molar-refractivity contribution is 0.0735. The fraction of sp³-hybridized carbons (Fsp3) is 0.0435. The van der Waals surface area contributed by atoms with Crippen LogP contribution in [0.25, 0.3) is 11.0 Å². The molecule has 0 saturated heterocycles. The van der Waals surface area contributed by atoms with Gasteiger partial charge < -0.3 is 13.9 Å². The molecule has 0 amide bonds. The molecule has 150 valence electrons. The summed E-state index contributed by atoms with van der Waals surface area (Å²) in [4.78, 5) is 25.2. The van der Waals surface area contributed by atoms with E-state index in [4.69, 9.17) is 25.5 Å². The van der Waals surface area contributed by atoms with Crippen molar-refractivity contribution in [1.82, 2.24) is 0 Å². The van der Waals surface area contributed by atoms with Gasteiger partial charge in [0.2, 0.25) is 11.2 Å². The number of halogens is 2. The largest absolute Gasteiger partial charge is 0.457 e. The van der Waals surface area contributed by atoms with Gasteiger partial charge in [-0.1, -0.05) is 11.6 Å². The summed E-state index contributed by atoms with van der Waals surface area (Å²) in [5.74, 6) is -0.245. The molecule has 0 aliphatic rings. The van der Waals surface area contributed by atoms with E-state index in [-0.39, 0.29) is 22.4 Å². The predicted octanol–water partition coefficient (Wildman–Crippen LogP) is 5.91. The molecule has 4 aromatic rings. The van der Waals surface area contributed by atoms with Crippen molar-refractivity contribution in [3.05, 3.63) is 99.1 Å². The van der Waals surface area contributed by atoms with Crippen molar-refractivity contribution in [3.8, 4) is 17.2 Å². The van der Waals surface area contributed by atoms with Crippen molar-refractivity contribution in [1.29, 1.82) is 0 Å². The molecule has 0 atom stereocenters. The topological polar surface area (TPSA) is 65.7 Å². The van der Waals surface area contributed by atoms with E-state index >= 15 is 0 Å². The molecular weight excluding hydrogens is 411 g/mol.